The van der Waals surface area contributed by atoms with E-state index in [1.807, 2.05) is 36.1 Å². The molecule has 31 heavy (non-hydrogen) atoms. The lowest BCUT2D eigenvalue weighted by Gasteiger charge is -2.51. The molecule has 0 saturated carbocycles. The van der Waals surface area contributed by atoms with E-state index in [1.54, 1.807) is 7.11 Å². The predicted molar refractivity (Wildman–Crippen MR) is 126 cm³/mol. The van der Waals surface area contributed by atoms with Crippen molar-refractivity contribution in [1.82, 2.24) is 9.21 Å². The van der Waals surface area contributed by atoms with Crippen LogP contribution in [0.1, 0.15) is 60.5 Å². The number of hydrogen-bond donors (Lipinski definition) is 0. The van der Waals surface area contributed by atoms with Crippen molar-refractivity contribution in [2.75, 3.05) is 13.0 Å². The molecule has 2 atom stereocenters. The van der Waals surface area contributed by atoms with E-state index in [0.717, 1.165) is 17.0 Å². The van der Waals surface area contributed by atoms with Gasteiger partial charge in [-0.15, -0.1) is 0 Å². The fourth-order valence-corrected chi connectivity index (χ4v) is 6.25. The maximum atomic E-state index is 13.5. The monoisotopic (exact) mass is 447 g/mol. The predicted octanol–water partition coefficient (Wildman–Crippen LogP) is 4.84. The van der Waals surface area contributed by atoms with Crippen LogP contribution >= 0.6 is 0 Å². The van der Waals surface area contributed by atoms with Crippen LogP contribution in [-0.2, 0) is 16.6 Å². The highest BCUT2D eigenvalue weighted by atomic mass is 32.2. The van der Waals surface area contributed by atoms with Crippen molar-refractivity contribution in [3.05, 3.63) is 41.7 Å². The molecule has 1 aromatic rings. The number of fused-ring (bicyclic) bond motifs is 1. The zero-order valence-electron chi connectivity index (χ0n) is 20.1. The molecule has 0 N–H and O–H groups in total. The van der Waals surface area contributed by atoms with Crippen molar-refractivity contribution in [2.45, 2.75) is 67.5 Å². The van der Waals surface area contributed by atoms with Gasteiger partial charge in [0.1, 0.15) is 17.5 Å². The zero-order valence-corrected chi connectivity index (χ0v) is 21.0. The molecule has 0 saturated heterocycles. The molecule has 2 heterocycles. The summed E-state index contributed by atoms with van der Waals surface area (Å²) in [6, 6.07) is 7.78. The molecule has 6 nitrogen and oxygen atoms in total. The van der Waals surface area contributed by atoms with Gasteiger partial charge in [-0.2, -0.15) is 0 Å². The summed E-state index contributed by atoms with van der Waals surface area (Å²) in [5, 5.41) is 0. The van der Waals surface area contributed by atoms with Gasteiger partial charge in [-0.05, 0) is 28.5 Å². The molecule has 3 rings (SSSR count). The minimum Gasteiger partial charge on any atom is -0.497 e. The molecule has 0 amide bonds. The van der Waals surface area contributed by atoms with Crippen LogP contribution in [0.3, 0.4) is 0 Å². The molecule has 0 aliphatic carbocycles. The van der Waals surface area contributed by atoms with E-state index in [-0.39, 0.29) is 28.7 Å². The van der Waals surface area contributed by atoms with Gasteiger partial charge in [0.15, 0.2) is 0 Å². The molecule has 172 valence electrons. The van der Waals surface area contributed by atoms with E-state index in [4.69, 9.17) is 9.73 Å². The van der Waals surface area contributed by atoms with Crippen molar-refractivity contribution in [2.24, 2.45) is 21.7 Å². The first-order valence-electron chi connectivity index (χ1n) is 11.0. The smallest absolute Gasteiger partial charge is 0.258 e. The lowest BCUT2D eigenvalue weighted by atomic mass is 9.66. The molecular formula is C24H37N3O3S. The van der Waals surface area contributed by atoms with E-state index in [2.05, 4.69) is 47.7 Å². The van der Waals surface area contributed by atoms with Crippen molar-refractivity contribution in [1.29, 1.82) is 0 Å². The fourth-order valence-electron chi connectivity index (χ4n) is 4.57. The quantitative estimate of drug-likeness (QED) is 0.662. The van der Waals surface area contributed by atoms with Gasteiger partial charge in [0.05, 0.1) is 18.8 Å². The van der Waals surface area contributed by atoms with Crippen LogP contribution in [0, 0.1) is 16.7 Å². The van der Waals surface area contributed by atoms with E-state index in [9.17, 15) is 8.42 Å². The maximum absolute atomic E-state index is 13.5. The SMILES string of the molecule is CCC1=NC(C(C)(C)C)C(C(C)(C)C)C2=CN(Cc3ccc(OC)cc3)CS(=O)(=O)N21. The highest BCUT2D eigenvalue weighted by molar-refractivity contribution is 7.89. The van der Waals surface area contributed by atoms with Crippen molar-refractivity contribution in [3.63, 3.8) is 0 Å². The minimum atomic E-state index is -3.55. The third-order valence-electron chi connectivity index (χ3n) is 5.99. The molecule has 2 aliphatic heterocycles. The zero-order chi connectivity index (χ0) is 23.2. The van der Waals surface area contributed by atoms with E-state index in [1.165, 1.54) is 4.31 Å². The number of amidine groups is 1. The van der Waals surface area contributed by atoms with Crippen LogP contribution in [0.5, 0.6) is 5.75 Å². The molecule has 0 aromatic heterocycles. The largest absolute Gasteiger partial charge is 0.497 e. The number of benzene rings is 1. The van der Waals surface area contributed by atoms with Gasteiger partial charge >= 0.3 is 0 Å². The van der Waals surface area contributed by atoms with Crippen LogP contribution in [-0.4, -0.2) is 42.5 Å². The van der Waals surface area contributed by atoms with Crippen LogP contribution in [0.2, 0.25) is 0 Å². The first-order chi connectivity index (χ1) is 14.3. The molecule has 2 aliphatic rings. The molecular weight excluding hydrogens is 410 g/mol. The van der Waals surface area contributed by atoms with Crippen LogP contribution in [0.4, 0.5) is 0 Å². The van der Waals surface area contributed by atoms with Crippen LogP contribution < -0.4 is 4.74 Å². The number of methoxy groups -OCH3 is 1. The molecule has 0 spiro atoms. The summed E-state index contributed by atoms with van der Waals surface area (Å²) in [5.74, 6) is 1.36. The second kappa shape index (κ2) is 8.15. The first kappa shape index (κ1) is 23.6. The highest BCUT2D eigenvalue weighted by Gasteiger charge is 2.50. The van der Waals surface area contributed by atoms with Crippen molar-refractivity contribution >= 4 is 15.9 Å². The average Bonchev–Trinajstić information content (AvgIpc) is 2.65. The molecule has 0 bridgehead atoms. The molecule has 0 fully saturated rings. The van der Waals surface area contributed by atoms with Gasteiger partial charge in [-0.25, -0.2) is 12.7 Å². The normalized spacial score (nSPS) is 23.7. The minimum absolute atomic E-state index is 0.00101. The number of hydrogen-bond acceptors (Lipinski definition) is 5. The van der Waals surface area contributed by atoms with Gasteiger partial charge in [0.2, 0.25) is 0 Å². The summed E-state index contributed by atoms with van der Waals surface area (Å²) in [7, 11) is -1.92. The molecule has 0 radical (unpaired) electrons. The van der Waals surface area contributed by atoms with Crippen LogP contribution in [0.15, 0.2) is 41.2 Å². The lowest BCUT2D eigenvalue weighted by molar-refractivity contribution is 0.134. The Kier molecular flexibility index (Phi) is 6.22. The Balaban J connectivity index is 2.10. The molecule has 2 unspecified atom stereocenters. The summed E-state index contributed by atoms with van der Waals surface area (Å²) in [6.45, 7) is 15.6. The maximum Gasteiger partial charge on any atom is 0.258 e. The summed E-state index contributed by atoms with van der Waals surface area (Å²) < 4.78 is 33.7. The Bertz CT molecular complexity index is 967. The third kappa shape index (κ3) is 4.76. The third-order valence-corrected chi connectivity index (χ3v) is 7.63. The Labute approximate surface area is 188 Å². The summed E-state index contributed by atoms with van der Waals surface area (Å²) in [6.07, 6.45) is 2.64. The van der Waals surface area contributed by atoms with E-state index < -0.39 is 10.0 Å². The Morgan fingerprint density at radius 2 is 1.68 bits per heavy atom. The van der Waals surface area contributed by atoms with Gasteiger partial charge in [-0.3, -0.25) is 4.99 Å². The van der Waals surface area contributed by atoms with Crippen molar-refractivity contribution < 1.29 is 13.2 Å². The number of rotatable bonds is 4. The fraction of sp³-hybridized carbons (Fsp3) is 0.625. The van der Waals surface area contributed by atoms with E-state index in [0.29, 0.717) is 18.8 Å². The number of aliphatic imine (C=N–C) groups is 1. The summed E-state index contributed by atoms with van der Waals surface area (Å²) in [5.41, 5.74) is 1.65. The van der Waals surface area contributed by atoms with Crippen LogP contribution in [0.25, 0.3) is 0 Å². The summed E-state index contributed by atoms with van der Waals surface area (Å²) >= 11 is 0. The highest BCUT2D eigenvalue weighted by Crippen LogP contribution is 2.48. The topological polar surface area (TPSA) is 62.2 Å². The second-order valence-electron chi connectivity index (χ2n) is 10.7. The van der Waals surface area contributed by atoms with Crippen molar-refractivity contribution in [3.8, 4) is 5.75 Å². The van der Waals surface area contributed by atoms with Gasteiger partial charge in [0, 0.05) is 25.1 Å². The first-order valence-corrected chi connectivity index (χ1v) is 12.6. The standard InChI is InChI=1S/C24H37N3O3S/c1-9-20-25-22(24(5,6)7)21(23(2,3)4)19-15-26(16-31(28,29)27(19)20)14-17-10-12-18(30-8)13-11-17/h10-13,15,21-22H,9,14,16H2,1-8H3. The Morgan fingerprint density at radius 3 is 2.16 bits per heavy atom. The number of sulfonamides is 1. The molecule has 7 heteroatoms. The average molecular weight is 448 g/mol. The number of nitrogens with zero attached hydrogens (tertiary/aromatic N) is 3. The Hall–Kier alpha value is -2.02. The van der Waals surface area contributed by atoms with E-state index >= 15 is 0 Å². The molecule has 1 aromatic carbocycles. The Morgan fingerprint density at radius 1 is 1.06 bits per heavy atom. The summed E-state index contributed by atoms with van der Waals surface area (Å²) in [4.78, 5) is 6.93. The van der Waals surface area contributed by atoms with Gasteiger partial charge in [0.25, 0.3) is 10.0 Å². The van der Waals surface area contributed by atoms with Gasteiger partial charge < -0.3 is 9.64 Å². The van der Waals surface area contributed by atoms with Gasteiger partial charge in [-0.1, -0.05) is 60.6 Å². The second-order valence-corrected chi connectivity index (χ2v) is 12.5. The number of ether oxygens (including phenoxy) is 1. The lowest BCUT2D eigenvalue weighted by Crippen LogP contribution is -2.56.